The van der Waals surface area contributed by atoms with Gasteiger partial charge in [0.15, 0.2) is 20.8 Å². The van der Waals surface area contributed by atoms with Crippen LogP contribution < -0.4 is 5.32 Å². The minimum absolute atomic E-state index is 0.109. The Hall–Kier alpha value is -1.62. The van der Waals surface area contributed by atoms with Crippen LogP contribution in [0.15, 0.2) is 35.4 Å². The summed E-state index contributed by atoms with van der Waals surface area (Å²) in [5.74, 6) is -1.69. The summed E-state index contributed by atoms with van der Waals surface area (Å²) in [6.07, 6.45) is 8.77. The molecule has 0 saturated heterocycles. The first kappa shape index (κ1) is 28.9. The number of rotatable bonds is 13. The quantitative estimate of drug-likeness (QED) is 0.308. The number of hydrogen-bond acceptors (Lipinski definition) is 9. The summed E-state index contributed by atoms with van der Waals surface area (Å²) in [5, 5.41) is 13.7. The number of nitrogens with one attached hydrogen (secondary N) is 1. The van der Waals surface area contributed by atoms with E-state index in [9.17, 15) is 22.9 Å². The summed E-state index contributed by atoms with van der Waals surface area (Å²) in [4.78, 5) is 18.0. The molecule has 1 fully saturated rings. The van der Waals surface area contributed by atoms with E-state index in [2.05, 4.69) is 10.3 Å². The van der Waals surface area contributed by atoms with Gasteiger partial charge in [-0.15, -0.1) is 0 Å². The maximum atomic E-state index is 13.4. The second kappa shape index (κ2) is 12.8. The SMILES string of the molecule is CCOP(=O)(OCC)C(O)c1cnc(NC(=O)[C@H](CCC2CCCC2)c2ccc(S(C)(=O)=O)cc2)s1. The van der Waals surface area contributed by atoms with Gasteiger partial charge in [-0.3, -0.25) is 9.36 Å². The monoisotopic (exact) mass is 558 g/mol. The van der Waals surface area contributed by atoms with Gasteiger partial charge in [-0.2, -0.15) is 0 Å². The maximum Gasteiger partial charge on any atom is 0.364 e. The second-order valence-electron chi connectivity index (χ2n) is 8.93. The van der Waals surface area contributed by atoms with E-state index in [1.54, 1.807) is 26.0 Å². The van der Waals surface area contributed by atoms with Crippen LogP contribution in [0.3, 0.4) is 0 Å². The van der Waals surface area contributed by atoms with Gasteiger partial charge in [0.2, 0.25) is 5.91 Å². The molecule has 1 aromatic heterocycles. The van der Waals surface area contributed by atoms with E-state index in [0.29, 0.717) is 12.3 Å². The standard InChI is InChI=1S/C24H35N2O7PS2/c1-4-32-34(29,33-5-2)23(28)21-16-25-24(35-21)26-22(27)20(15-10-17-8-6-7-9-17)18-11-13-19(14-12-18)36(3,30)31/h11-14,16-17,20,23,28H,4-10,15H2,1-3H3,(H,25,26,27)/t20-,23?/m1/s1. The van der Waals surface area contributed by atoms with E-state index >= 15 is 0 Å². The van der Waals surface area contributed by atoms with Gasteiger partial charge in [0.25, 0.3) is 0 Å². The maximum absolute atomic E-state index is 13.4. The number of hydrogen-bond donors (Lipinski definition) is 2. The molecule has 1 aliphatic rings. The first-order valence-corrected chi connectivity index (χ1v) is 16.5. The molecule has 1 saturated carbocycles. The molecule has 3 rings (SSSR count). The summed E-state index contributed by atoms with van der Waals surface area (Å²) in [7, 11) is -7.14. The predicted molar refractivity (Wildman–Crippen MR) is 140 cm³/mol. The smallest absolute Gasteiger partial charge is 0.364 e. The van der Waals surface area contributed by atoms with Crippen LogP contribution in [-0.4, -0.2) is 43.9 Å². The largest absolute Gasteiger partial charge is 0.375 e. The molecule has 12 heteroatoms. The Morgan fingerprint density at radius 1 is 1.19 bits per heavy atom. The summed E-state index contributed by atoms with van der Waals surface area (Å²) < 4.78 is 47.0. The number of aliphatic hydroxyl groups excluding tert-OH is 1. The zero-order chi connectivity index (χ0) is 26.3. The third-order valence-electron chi connectivity index (χ3n) is 6.29. The summed E-state index contributed by atoms with van der Waals surface area (Å²) >= 11 is 1.01. The number of aromatic nitrogens is 1. The molecular weight excluding hydrogens is 523 g/mol. The van der Waals surface area contributed by atoms with Crippen molar-refractivity contribution in [3.8, 4) is 0 Å². The lowest BCUT2D eigenvalue weighted by atomic mass is 9.89. The first-order valence-electron chi connectivity index (χ1n) is 12.2. The van der Waals surface area contributed by atoms with E-state index in [1.807, 2.05) is 0 Å². The Kier molecular flexibility index (Phi) is 10.3. The van der Waals surface area contributed by atoms with E-state index in [4.69, 9.17) is 9.05 Å². The molecule has 2 atom stereocenters. The second-order valence-corrected chi connectivity index (χ2v) is 14.1. The number of anilines is 1. The van der Waals surface area contributed by atoms with E-state index < -0.39 is 29.2 Å². The fourth-order valence-electron chi connectivity index (χ4n) is 4.45. The van der Waals surface area contributed by atoms with Crippen LogP contribution in [0.1, 0.15) is 74.6 Å². The number of carbonyl (C=O) groups is 1. The molecule has 0 aliphatic heterocycles. The fourth-order valence-corrected chi connectivity index (χ4v) is 7.77. The van der Waals surface area contributed by atoms with Crippen LogP contribution in [0.5, 0.6) is 0 Å². The van der Waals surface area contributed by atoms with Crippen molar-refractivity contribution in [2.45, 2.75) is 69.0 Å². The van der Waals surface area contributed by atoms with Crippen molar-refractivity contribution >= 4 is 39.8 Å². The first-order chi connectivity index (χ1) is 17.1. The van der Waals surface area contributed by atoms with Gasteiger partial charge in [-0.25, -0.2) is 13.4 Å². The zero-order valence-electron chi connectivity index (χ0n) is 20.9. The van der Waals surface area contributed by atoms with Crippen LogP contribution in [0.4, 0.5) is 5.13 Å². The van der Waals surface area contributed by atoms with Crippen LogP contribution in [0, 0.1) is 5.92 Å². The average molecular weight is 559 g/mol. The van der Waals surface area contributed by atoms with Gasteiger partial charge in [-0.1, -0.05) is 49.2 Å². The van der Waals surface area contributed by atoms with Crippen LogP contribution in [-0.2, 0) is 28.2 Å². The average Bonchev–Trinajstić information content (AvgIpc) is 3.51. The number of amides is 1. The Morgan fingerprint density at radius 3 is 2.36 bits per heavy atom. The minimum atomic E-state index is -3.80. The molecule has 1 unspecified atom stereocenters. The summed E-state index contributed by atoms with van der Waals surface area (Å²) in [6.45, 7) is 3.53. The summed E-state index contributed by atoms with van der Waals surface area (Å²) in [6, 6.07) is 6.42. The molecule has 36 heavy (non-hydrogen) atoms. The molecule has 1 amide bonds. The highest BCUT2D eigenvalue weighted by atomic mass is 32.2. The Morgan fingerprint density at radius 2 is 1.81 bits per heavy atom. The van der Waals surface area contributed by atoms with Crippen LogP contribution >= 0.6 is 18.9 Å². The van der Waals surface area contributed by atoms with Crippen molar-refractivity contribution in [1.29, 1.82) is 0 Å². The number of thiazole rings is 1. The zero-order valence-corrected chi connectivity index (χ0v) is 23.4. The minimum Gasteiger partial charge on any atom is -0.375 e. The number of benzene rings is 1. The molecule has 0 radical (unpaired) electrons. The van der Waals surface area contributed by atoms with Gasteiger partial charge >= 0.3 is 7.60 Å². The number of aliphatic hydroxyl groups is 1. The third-order valence-corrected chi connectivity index (χ3v) is 10.7. The number of carbonyl (C=O) groups excluding carboxylic acids is 1. The van der Waals surface area contributed by atoms with E-state index in [0.717, 1.165) is 42.4 Å². The molecular formula is C24H35N2O7PS2. The molecule has 0 bridgehead atoms. The molecule has 200 valence electrons. The lowest BCUT2D eigenvalue weighted by Crippen LogP contribution is -2.22. The van der Waals surface area contributed by atoms with E-state index in [1.165, 1.54) is 31.2 Å². The van der Waals surface area contributed by atoms with Crippen LogP contribution in [0.2, 0.25) is 0 Å². The Labute approximate surface area is 217 Å². The van der Waals surface area contributed by atoms with Gasteiger partial charge in [0.05, 0.1) is 28.9 Å². The number of sulfone groups is 1. The lowest BCUT2D eigenvalue weighted by molar-refractivity contribution is -0.117. The van der Waals surface area contributed by atoms with Gasteiger partial charge < -0.3 is 19.5 Å². The molecule has 2 aromatic rings. The van der Waals surface area contributed by atoms with Gasteiger partial charge in [-0.05, 0) is 50.3 Å². The lowest BCUT2D eigenvalue weighted by Gasteiger charge is -2.21. The van der Waals surface area contributed by atoms with Crippen molar-refractivity contribution in [3.63, 3.8) is 0 Å². The van der Waals surface area contributed by atoms with Gasteiger partial charge in [0, 0.05) is 12.5 Å². The topological polar surface area (TPSA) is 132 Å². The van der Waals surface area contributed by atoms with Crippen LogP contribution in [0.25, 0.3) is 0 Å². The molecule has 1 heterocycles. The van der Waals surface area contributed by atoms with Crippen molar-refractivity contribution in [3.05, 3.63) is 40.9 Å². The Bertz CT molecular complexity index is 1150. The van der Waals surface area contributed by atoms with Crippen molar-refractivity contribution in [1.82, 2.24) is 4.98 Å². The van der Waals surface area contributed by atoms with Gasteiger partial charge in [0.1, 0.15) is 0 Å². The molecule has 2 N–H and O–H groups in total. The molecule has 1 aromatic carbocycles. The van der Waals surface area contributed by atoms with Crippen molar-refractivity contribution in [2.24, 2.45) is 5.92 Å². The van der Waals surface area contributed by atoms with E-state index in [-0.39, 0.29) is 34.0 Å². The normalized spacial score (nSPS) is 16.7. The molecule has 9 nitrogen and oxygen atoms in total. The third kappa shape index (κ3) is 7.46. The highest BCUT2D eigenvalue weighted by Crippen LogP contribution is 2.60. The van der Waals surface area contributed by atoms with Crippen molar-refractivity contribution < 1.29 is 31.9 Å². The highest BCUT2D eigenvalue weighted by molar-refractivity contribution is 7.90. The highest BCUT2D eigenvalue weighted by Gasteiger charge is 2.37. The fraction of sp³-hybridized carbons (Fsp3) is 0.583. The predicted octanol–water partition coefficient (Wildman–Crippen LogP) is 5.50. The number of nitrogens with zero attached hydrogens (tertiary/aromatic N) is 1. The molecule has 1 aliphatic carbocycles. The van der Waals surface area contributed by atoms with Crippen molar-refractivity contribution in [2.75, 3.05) is 24.8 Å². The Balaban J connectivity index is 1.78. The molecule has 0 spiro atoms. The summed E-state index contributed by atoms with van der Waals surface area (Å²) in [5.41, 5.74) is 0.729.